The third-order valence-electron chi connectivity index (χ3n) is 0.309. The number of rotatable bonds is 1. The summed E-state index contributed by atoms with van der Waals surface area (Å²) in [6.45, 7) is 1.66. The minimum atomic E-state index is -0.891. The van der Waals surface area contributed by atoms with Crippen LogP contribution in [0.2, 0.25) is 0 Å². The van der Waals surface area contributed by atoms with Gasteiger partial charge in [0, 0.05) is 6.08 Å². The van der Waals surface area contributed by atoms with Gasteiger partial charge in [-0.05, 0) is 6.92 Å². The van der Waals surface area contributed by atoms with Crippen LogP contribution in [0.4, 0.5) is 0 Å². The van der Waals surface area contributed by atoms with Crippen molar-refractivity contribution in [2.45, 2.75) is 6.92 Å². The molecule has 0 aliphatic carbocycles. The predicted octanol–water partition coefficient (Wildman–Crippen LogP) is -5.34. The van der Waals surface area contributed by atoms with Crippen molar-refractivity contribution >= 4 is 5.97 Å². The van der Waals surface area contributed by atoms with E-state index in [1.165, 1.54) is 6.08 Å². The summed E-state index contributed by atoms with van der Waals surface area (Å²) >= 11 is 0. The van der Waals surface area contributed by atoms with Crippen molar-refractivity contribution in [3.05, 3.63) is 12.2 Å². The minimum Gasteiger partial charge on any atom is -1.00 e. The summed E-state index contributed by atoms with van der Waals surface area (Å²) in [5.41, 5.74) is 0. The largest absolute Gasteiger partial charge is 1.00 e. The van der Waals surface area contributed by atoms with Gasteiger partial charge in [0.15, 0.2) is 0 Å². The molecule has 2 nitrogen and oxygen atoms in total. The van der Waals surface area contributed by atoms with Crippen LogP contribution in [0.25, 0.3) is 0 Å². The van der Waals surface area contributed by atoms with Gasteiger partial charge in [-0.25, -0.2) is 4.79 Å². The Bertz CT molecular complexity index is 82.1. The van der Waals surface area contributed by atoms with Crippen LogP contribution in [-0.4, -0.2) is 11.1 Å². The van der Waals surface area contributed by atoms with E-state index in [-0.39, 0.29) is 42.0 Å². The average Bonchev–Trinajstić information content (AvgIpc) is 1.35. The third-order valence-corrected chi connectivity index (χ3v) is 0.309. The van der Waals surface area contributed by atoms with E-state index in [0.717, 1.165) is 6.08 Å². The van der Waals surface area contributed by atoms with Gasteiger partial charge in [0.05, 0.1) is 0 Å². The van der Waals surface area contributed by atoms with E-state index in [2.05, 4.69) is 0 Å². The number of hydrogen-bond acceptors (Lipinski definition) is 1. The van der Waals surface area contributed by atoms with Crippen molar-refractivity contribution in [2.75, 3.05) is 0 Å². The summed E-state index contributed by atoms with van der Waals surface area (Å²) in [7, 11) is 0. The first-order chi connectivity index (χ1) is 2.77. The number of allylic oxidation sites excluding steroid dienone is 1. The van der Waals surface area contributed by atoms with Gasteiger partial charge in [0.1, 0.15) is 0 Å². The number of aliphatic carboxylic acids is 1. The van der Waals surface area contributed by atoms with Crippen molar-refractivity contribution in [3.63, 3.8) is 0 Å². The first-order valence-corrected chi connectivity index (χ1v) is 1.63. The molecule has 1 N–H and O–H groups in total. The molecule has 0 spiro atoms. The number of carboxylic acid groups (broad SMARTS) is 1. The number of carbonyl (C=O) groups is 1. The fourth-order valence-electron chi connectivity index (χ4n) is 0.143. The summed E-state index contributed by atoms with van der Waals surface area (Å²) < 4.78 is 0. The summed E-state index contributed by atoms with van der Waals surface area (Å²) in [5.74, 6) is -0.891. The second kappa shape index (κ2) is 10.5. The molecule has 0 atom stereocenters. The molecule has 0 aromatic rings. The van der Waals surface area contributed by atoms with Crippen LogP contribution in [0.1, 0.15) is 6.92 Å². The number of halogens is 1. The van der Waals surface area contributed by atoms with Gasteiger partial charge in [-0.15, -0.1) is 0 Å². The Kier molecular flexibility index (Phi) is 20.7. The van der Waals surface area contributed by atoms with E-state index >= 15 is 0 Å². The van der Waals surface area contributed by atoms with E-state index in [1.807, 2.05) is 0 Å². The van der Waals surface area contributed by atoms with Crippen LogP contribution >= 0.6 is 0 Å². The zero-order chi connectivity index (χ0) is 4.99. The molecule has 4 heteroatoms. The smallest absolute Gasteiger partial charge is 1.00 e. The predicted molar refractivity (Wildman–Crippen MR) is 22.4 cm³/mol. The molecule has 0 unspecified atom stereocenters. The van der Waals surface area contributed by atoms with Crippen molar-refractivity contribution in [1.82, 2.24) is 0 Å². The maximum Gasteiger partial charge on any atom is 1.00 e. The van der Waals surface area contributed by atoms with Crippen LogP contribution in [0.5, 0.6) is 0 Å². The van der Waals surface area contributed by atoms with E-state index in [1.54, 1.807) is 6.92 Å². The van der Waals surface area contributed by atoms with Gasteiger partial charge in [0.2, 0.25) is 0 Å². The van der Waals surface area contributed by atoms with Gasteiger partial charge in [-0.1, -0.05) is 6.08 Å². The maximum absolute atomic E-state index is 9.51. The topological polar surface area (TPSA) is 37.3 Å². The molecule has 0 heterocycles. The quantitative estimate of drug-likeness (QED) is 0.295. The summed E-state index contributed by atoms with van der Waals surface area (Å²) in [4.78, 5) is 9.51. The molecule has 0 fully saturated rings. The molecule has 0 aromatic carbocycles. The van der Waals surface area contributed by atoms with Crippen LogP contribution in [0.15, 0.2) is 12.2 Å². The zero-order valence-corrected chi connectivity index (χ0v) is 7.64. The molecule has 0 aromatic heterocycles. The van der Waals surface area contributed by atoms with E-state index in [4.69, 9.17) is 5.11 Å². The fourth-order valence-corrected chi connectivity index (χ4v) is 0.143. The Morgan fingerprint density at radius 1 is 1.62 bits per heavy atom. The van der Waals surface area contributed by atoms with Gasteiger partial charge in [-0.3, -0.25) is 0 Å². The van der Waals surface area contributed by atoms with Crippen molar-refractivity contribution in [3.8, 4) is 0 Å². The summed E-state index contributed by atoms with van der Waals surface area (Å²) in [6, 6.07) is 0. The summed E-state index contributed by atoms with van der Waals surface area (Å²) in [5, 5.41) is 7.83. The van der Waals surface area contributed by atoms with E-state index in [9.17, 15) is 4.79 Å². The molecule has 0 amide bonds. The van der Waals surface area contributed by atoms with Crippen molar-refractivity contribution in [2.24, 2.45) is 0 Å². The molecule has 0 saturated carbocycles. The van der Waals surface area contributed by atoms with Crippen molar-refractivity contribution < 1.29 is 51.9 Å². The monoisotopic (exact) mass is 144 g/mol. The zero-order valence-electron chi connectivity index (χ0n) is 4.89. The van der Waals surface area contributed by atoms with Gasteiger partial charge >= 0.3 is 35.5 Å². The molecule has 0 bridgehead atoms. The second-order valence-electron chi connectivity index (χ2n) is 0.838. The van der Waals surface area contributed by atoms with Crippen LogP contribution in [-0.2, 0) is 4.79 Å². The standard InChI is InChI=1S/C4H6O2.ClH.Na/c1-2-3-4(5)6;;/h2-3H,1H3,(H,5,6);1H;/q;;+1/p-1. The molecule has 0 saturated heterocycles. The Hall–Kier alpha value is 0.500. The van der Waals surface area contributed by atoms with E-state index < -0.39 is 5.97 Å². The third kappa shape index (κ3) is 16.1. The second-order valence-corrected chi connectivity index (χ2v) is 0.838. The molecule has 0 aliphatic heterocycles. The molecule has 0 radical (unpaired) electrons. The number of hydrogen-bond donors (Lipinski definition) is 1. The Morgan fingerprint density at radius 2 is 2.00 bits per heavy atom. The molecule has 0 aliphatic rings. The average molecular weight is 145 g/mol. The molecule has 0 rings (SSSR count). The van der Waals surface area contributed by atoms with Gasteiger partial charge < -0.3 is 17.5 Å². The molecule has 42 valence electrons. The molecular weight excluding hydrogens is 138 g/mol. The molecule has 8 heavy (non-hydrogen) atoms. The van der Waals surface area contributed by atoms with Gasteiger partial charge in [-0.2, -0.15) is 0 Å². The Balaban J connectivity index is -0.000000125. The first-order valence-electron chi connectivity index (χ1n) is 1.63. The van der Waals surface area contributed by atoms with Gasteiger partial charge in [0.25, 0.3) is 0 Å². The van der Waals surface area contributed by atoms with Crippen LogP contribution in [0, 0.1) is 0 Å². The normalized spacial score (nSPS) is 7.12. The fraction of sp³-hybridized carbons (Fsp3) is 0.250. The van der Waals surface area contributed by atoms with Crippen LogP contribution < -0.4 is 42.0 Å². The van der Waals surface area contributed by atoms with Crippen molar-refractivity contribution in [1.29, 1.82) is 0 Å². The summed E-state index contributed by atoms with van der Waals surface area (Å²) in [6.07, 6.45) is 2.56. The van der Waals surface area contributed by atoms with Crippen LogP contribution in [0.3, 0.4) is 0 Å². The molecular formula is C4H6ClNaO2. The Morgan fingerprint density at radius 3 is 2.00 bits per heavy atom. The maximum atomic E-state index is 9.51. The SMILES string of the molecule is CC=CC(=O)O.[Cl-].[Na+]. The first kappa shape index (κ1) is 15.8. The number of carboxylic acids is 1. The van der Waals surface area contributed by atoms with E-state index in [0.29, 0.717) is 0 Å². The minimum absolute atomic E-state index is 0. The Labute approximate surface area is 76.7 Å².